The molecule has 1 atom stereocenters. The molecular formula is C20H22O2. The second-order valence-electron chi connectivity index (χ2n) is 5.99. The number of phenols is 2. The van der Waals surface area contributed by atoms with Crippen LogP contribution in [-0.4, -0.2) is 10.2 Å². The molecule has 2 aromatic carbocycles. The van der Waals surface area contributed by atoms with Gasteiger partial charge in [0.1, 0.15) is 11.5 Å². The molecule has 1 aliphatic carbocycles. The third-order valence-corrected chi connectivity index (χ3v) is 4.61. The van der Waals surface area contributed by atoms with Gasteiger partial charge < -0.3 is 10.2 Å². The first-order valence-corrected chi connectivity index (χ1v) is 7.97. The molecule has 0 aliphatic heterocycles. The lowest BCUT2D eigenvalue weighted by molar-refractivity contribution is 0.468. The molecule has 0 fully saturated rings. The van der Waals surface area contributed by atoms with Crippen molar-refractivity contribution in [3.8, 4) is 11.5 Å². The number of hydrogen-bond acceptors (Lipinski definition) is 2. The number of benzene rings is 2. The Morgan fingerprint density at radius 2 is 1.82 bits per heavy atom. The van der Waals surface area contributed by atoms with Crippen LogP contribution < -0.4 is 0 Å². The molecule has 0 saturated heterocycles. The first-order valence-electron chi connectivity index (χ1n) is 7.97. The van der Waals surface area contributed by atoms with Crippen LogP contribution in [0.4, 0.5) is 0 Å². The Morgan fingerprint density at radius 1 is 1.05 bits per heavy atom. The molecule has 2 heteroatoms. The van der Waals surface area contributed by atoms with Crippen LogP contribution in [0, 0.1) is 0 Å². The van der Waals surface area contributed by atoms with E-state index in [1.54, 1.807) is 18.2 Å². The van der Waals surface area contributed by atoms with Gasteiger partial charge in [-0.1, -0.05) is 31.2 Å². The maximum Gasteiger partial charge on any atom is 0.118 e. The van der Waals surface area contributed by atoms with E-state index >= 15 is 0 Å². The monoisotopic (exact) mass is 294 g/mol. The molecule has 1 aliphatic rings. The van der Waals surface area contributed by atoms with Crippen LogP contribution in [0.3, 0.4) is 0 Å². The van der Waals surface area contributed by atoms with Crippen molar-refractivity contribution in [3.63, 3.8) is 0 Å². The summed E-state index contributed by atoms with van der Waals surface area (Å²) in [4.78, 5) is 0. The van der Waals surface area contributed by atoms with Gasteiger partial charge in [-0.05, 0) is 78.1 Å². The third-order valence-electron chi connectivity index (χ3n) is 4.61. The highest BCUT2D eigenvalue weighted by atomic mass is 16.3. The smallest absolute Gasteiger partial charge is 0.118 e. The Morgan fingerprint density at radius 3 is 2.45 bits per heavy atom. The molecular weight excluding hydrogens is 272 g/mol. The standard InChI is InChI=1S/C20H22O2/c1-2-14-13-18(9-12-20(14)22)17-5-3-15(4-6-17)16-7-10-19(21)11-8-16/h5,7-13,15,21-22H,2-4,6H2,1H3. The molecule has 0 spiro atoms. The SMILES string of the molecule is CCc1cc(C2=CCC(c3ccc(O)cc3)CC2)ccc1O. The minimum atomic E-state index is 0.326. The zero-order valence-corrected chi connectivity index (χ0v) is 12.9. The van der Waals surface area contributed by atoms with Gasteiger partial charge in [0.2, 0.25) is 0 Å². The molecule has 2 nitrogen and oxygen atoms in total. The third kappa shape index (κ3) is 3.01. The zero-order valence-electron chi connectivity index (χ0n) is 12.9. The summed E-state index contributed by atoms with van der Waals surface area (Å²) in [6, 6.07) is 13.5. The van der Waals surface area contributed by atoms with E-state index < -0.39 is 0 Å². The Bertz CT molecular complexity index is 683. The lowest BCUT2D eigenvalue weighted by atomic mass is 9.82. The maximum atomic E-state index is 9.81. The number of aryl methyl sites for hydroxylation is 1. The summed E-state index contributed by atoms with van der Waals surface area (Å²) in [7, 11) is 0. The van der Waals surface area contributed by atoms with Gasteiger partial charge in [0.15, 0.2) is 0 Å². The molecule has 114 valence electrons. The molecule has 1 unspecified atom stereocenters. The van der Waals surface area contributed by atoms with E-state index in [4.69, 9.17) is 0 Å². The average molecular weight is 294 g/mol. The fourth-order valence-electron chi connectivity index (χ4n) is 3.21. The maximum absolute atomic E-state index is 9.81. The molecule has 0 heterocycles. The molecule has 0 aromatic heterocycles. The van der Waals surface area contributed by atoms with Crippen molar-refractivity contribution >= 4 is 5.57 Å². The van der Waals surface area contributed by atoms with Crippen molar-refractivity contribution in [2.24, 2.45) is 0 Å². The minimum Gasteiger partial charge on any atom is -0.508 e. The number of allylic oxidation sites excluding steroid dienone is 2. The quantitative estimate of drug-likeness (QED) is 0.835. The van der Waals surface area contributed by atoms with Crippen LogP contribution in [-0.2, 0) is 6.42 Å². The Balaban J connectivity index is 1.77. The summed E-state index contributed by atoms with van der Waals surface area (Å²) < 4.78 is 0. The predicted molar refractivity (Wildman–Crippen MR) is 90.2 cm³/mol. The highest BCUT2D eigenvalue weighted by Gasteiger charge is 2.17. The van der Waals surface area contributed by atoms with Gasteiger partial charge in [-0.25, -0.2) is 0 Å². The lowest BCUT2D eigenvalue weighted by Crippen LogP contribution is -2.04. The van der Waals surface area contributed by atoms with Crippen molar-refractivity contribution in [2.75, 3.05) is 0 Å². The Kier molecular flexibility index (Phi) is 4.19. The zero-order chi connectivity index (χ0) is 15.5. The summed E-state index contributed by atoms with van der Waals surface area (Å²) in [5.41, 5.74) is 4.93. The number of hydrogen-bond donors (Lipinski definition) is 2. The van der Waals surface area contributed by atoms with Gasteiger partial charge in [-0.15, -0.1) is 0 Å². The van der Waals surface area contributed by atoms with Crippen molar-refractivity contribution in [3.05, 3.63) is 65.2 Å². The Labute approximate surface area is 131 Å². The van der Waals surface area contributed by atoms with Crippen molar-refractivity contribution < 1.29 is 10.2 Å². The van der Waals surface area contributed by atoms with E-state index in [-0.39, 0.29) is 0 Å². The van der Waals surface area contributed by atoms with Crippen LogP contribution in [0.5, 0.6) is 11.5 Å². The van der Waals surface area contributed by atoms with Gasteiger partial charge in [0.25, 0.3) is 0 Å². The largest absolute Gasteiger partial charge is 0.508 e. The summed E-state index contributed by atoms with van der Waals surface area (Å²) in [5.74, 6) is 1.25. The van der Waals surface area contributed by atoms with Gasteiger partial charge in [-0.3, -0.25) is 0 Å². The highest BCUT2D eigenvalue weighted by Crippen LogP contribution is 2.37. The average Bonchev–Trinajstić information content (AvgIpc) is 2.56. The molecule has 0 saturated carbocycles. The number of aromatic hydroxyl groups is 2. The molecule has 2 aromatic rings. The van der Waals surface area contributed by atoms with Crippen LogP contribution in [0.2, 0.25) is 0 Å². The van der Waals surface area contributed by atoms with E-state index in [2.05, 4.69) is 19.1 Å². The number of rotatable bonds is 3. The van der Waals surface area contributed by atoms with Crippen LogP contribution in [0.15, 0.2) is 48.5 Å². The van der Waals surface area contributed by atoms with Crippen LogP contribution >= 0.6 is 0 Å². The summed E-state index contributed by atoms with van der Waals surface area (Å²) in [5, 5.41) is 19.2. The van der Waals surface area contributed by atoms with Crippen LogP contribution in [0.1, 0.15) is 48.8 Å². The van der Waals surface area contributed by atoms with Gasteiger partial charge >= 0.3 is 0 Å². The van der Waals surface area contributed by atoms with E-state index in [0.29, 0.717) is 17.4 Å². The fraction of sp³-hybridized carbons (Fsp3) is 0.300. The van der Waals surface area contributed by atoms with Crippen molar-refractivity contribution in [1.82, 2.24) is 0 Å². The van der Waals surface area contributed by atoms with Crippen molar-refractivity contribution in [1.29, 1.82) is 0 Å². The summed E-state index contributed by atoms with van der Waals surface area (Å²) in [6.07, 6.45) is 6.39. The second-order valence-corrected chi connectivity index (χ2v) is 5.99. The second kappa shape index (κ2) is 6.27. The van der Waals surface area contributed by atoms with E-state index in [1.807, 2.05) is 18.2 Å². The number of phenolic OH excluding ortho intramolecular Hbond substituents is 2. The van der Waals surface area contributed by atoms with Crippen molar-refractivity contribution in [2.45, 2.75) is 38.5 Å². The fourth-order valence-corrected chi connectivity index (χ4v) is 3.21. The first kappa shape index (κ1) is 14.7. The molecule has 22 heavy (non-hydrogen) atoms. The van der Waals surface area contributed by atoms with E-state index in [0.717, 1.165) is 31.2 Å². The molecule has 0 radical (unpaired) electrons. The first-order chi connectivity index (χ1) is 10.7. The van der Waals surface area contributed by atoms with Gasteiger partial charge in [0.05, 0.1) is 0 Å². The molecule has 0 amide bonds. The molecule has 2 N–H and O–H groups in total. The highest BCUT2D eigenvalue weighted by molar-refractivity contribution is 5.68. The summed E-state index contributed by atoms with van der Waals surface area (Å²) in [6.45, 7) is 2.06. The molecule has 0 bridgehead atoms. The minimum absolute atomic E-state index is 0.326. The van der Waals surface area contributed by atoms with Gasteiger partial charge in [0, 0.05) is 0 Å². The predicted octanol–water partition coefficient (Wildman–Crippen LogP) is 5.01. The van der Waals surface area contributed by atoms with E-state index in [9.17, 15) is 10.2 Å². The summed E-state index contributed by atoms with van der Waals surface area (Å²) >= 11 is 0. The van der Waals surface area contributed by atoms with Gasteiger partial charge in [-0.2, -0.15) is 0 Å². The molecule has 3 rings (SSSR count). The topological polar surface area (TPSA) is 40.5 Å². The van der Waals surface area contributed by atoms with Crippen LogP contribution in [0.25, 0.3) is 5.57 Å². The van der Waals surface area contributed by atoms with E-state index in [1.165, 1.54) is 16.7 Å². The lowest BCUT2D eigenvalue weighted by Gasteiger charge is -2.23. The Hall–Kier alpha value is -2.22. The normalized spacial score (nSPS) is 18.0.